The van der Waals surface area contributed by atoms with Crippen molar-refractivity contribution in [3.05, 3.63) is 238 Å². The highest BCUT2D eigenvalue weighted by Gasteiger charge is 2.53. The van der Waals surface area contributed by atoms with Crippen LogP contribution in [-0.2, 0) is 16.2 Å². The molecular formula is C61H47NO. The van der Waals surface area contributed by atoms with Crippen LogP contribution in [-0.4, -0.2) is 0 Å². The molecule has 302 valence electrons. The zero-order valence-corrected chi connectivity index (χ0v) is 36.2. The van der Waals surface area contributed by atoms with Crippen molar-refractivity contribution in [1.29, 1.82) is 0 Å². The minimum atomic E-state index is -0.485. The normalized spacial score (nSPS) is 16.7. The average Bonchev–Trinajstić information content (AvgIpc) is 3.93. The molecule has 2 nitrogen and oxygen atoms in total. The zero-order chi connectivity index (χ0) is 42.2. The van der Waals surface area contributed by atoms with Crippen molar-refractivity contribution >= 4 is 44.6 Å². The van der Waals surface area contributed by atoms with E-state index in [1.54, 1.807) is 0 Å². The molecular weight excluding hydrogens is 763 g/mol. The first kappa shape index (κ1) is 36.5. The van der Waals surface area contributed by atoms with Gasteiger partial charge in [0.1, 0.15) is 11.2 Å². The number of hydrogen-bond donors (Lipinski definition) is 0. The van der Waals surface area contributed by atoms with Gasteiger partial charge in [0.25, 0.3) is 0 Å². The van der Waals surface area contributed by atoms with Crippen molar-refractivity contribution in [2.45, 2.75) is 56.8 Å². The number of nitrogens with zero attached hydrogens (tertiary/aromatic N) is 1. The fourth-order valence-electron chi connectivity index (χ4n) is 12.4. The molecule has 63 heavy (non-hydrogen) atoms. The van der Waals surface area contributed by atoms with Gasteiger partial charge in [-0.25, -0.2) is 0 Å². The lowest BCUT2D eigenvalue weighted by Gasteiger charge is -2.46. The van der Waals surface area contributed by atoms with E-state index in [-0.39, 0.29) is 10.8 Å². The molecule has 1 heterocycles. The highest BCUT2D eigenvalue weighted by molar-refractivity contribution is 6.12. The van der Waals surface area contributed by atoms with Crippen LogP contribution >= 0.6 is 0 Å². The number of rotatable bonds is 4. The largest absolute Gasteiger partial charge is 0.456 e. The Kier molecular flexibility index (Phi) is 7.49. The lowest BCUT2D eigenvalue weighted by molar-refractivity contribution is 0.563. The Labute approximate surface area is 369 Å². The molecule has 0 bridgehead atoms. The summed E-state index contributed by atoms with van der Waals surface area (Å²) in [5.41, 5.74) is 23.4. The number of allylic oxidation sites excluding steroid dienone is 4. The second kappa shape index (κ2) is 12.9. The van der Waals surface area contributed by atoms with Crippen LogP contribution in [0.1, 0.15) is 85.0 Å². The van der Waals surface area contributed by atoms with Crippen molar-refractivity contribution in [3.63, 3.8) is 0 Å². The average molecular weight is 810 g/mol. The Morgan fingerprint density at radius 2 is 1.02 bits per heavy atom. The summed E-state index contributed by atoms with van der Waals surface area (Å²) in [5, 5.41) is 2.30. The second-order valence-electron chi connectivity index (χ2n) is 19.1. The van der Waals surface area contributed by atoms with Gasteiger partial charge in [0.05, 0.1) is 5.41 Å². The van der Waals surface area contributed by atoms with Crippen LogP contribution in [0.4, 0.5) is 17.1 Å². The van der Waals surface area contributed by atoms with Gasteiger partial charge in [-0.2, -0.15) is 0 Å². The summed E-state index contributed by atoms with van der Waals surface area (Å²) in [4.78, 5) is 2.50. The van der Waals surface area contributed by atoms with Crippen molar-refractivity contribution in [2.24, 2.45) is 0 Å². The fourth-order valence-corrected chi connectivity index (χ4v) is 12.4. The van der Waals surface area contributed by atoms with Gasteiger partial charge < -0.3 is 9.32 Å². The summed E-state index contributed by atoms with van der Waals surface area (Å²) < 4.78 is 6.33. The van der Waals surface area contributed by atoms with Gasteiger partial charge in [-0.15, -0.1) is 0 Å². The molecule has 0 atom stereocenters. The standard InChI is InChI=1S/C61H47NO/c1-59(2)48-20-8-5-16-43(48)45-34-32-40(36-54(45)59)62(39-30-28-38(29-31-39)42-19-15-27-57-58(42)47-18-7-14-26-56(47)63-57)41-33-35-46-44-17-6-9-21-49(44)61(55(46)37-41)52-24-12-10-22-50(52)60(3,4)51-23-11-13-25-53(51)61/h6-15,17-37H,5,16H2,1-4H3. The Balaban J connectivity index is 1.04. The summed E-state index contributed by atoms with van der Waals surface area (Å²) in [6.07, 6.45) is 6.94. The van der Waals surface area contributed by atoms with Crippen LogP contribution in [0.2, 0.25) is 0 Å². The van der Waals surface area contributed by atoms with Gasteiger partial charge in [-0.1, -0.05) is 167 Å². The molecule has 0 N–H and O–H groups in total. The second-order valence-corrected chi connectivity index (χ2v) is 19.1. The molecule has 1 aromatic heterocycles. The maximum Gasteiger partial charge on any atom is 0.136 e. The smallest absolute Gasteiger partial charge is 0.136 e. The number of benzene rings is 8. The van der Waals surface area contributed by atoms with Gasteiger partial charge in [0.2, 0.25) is 0 Å². The Hall–Kier alpha value is -7.16. The highest BCUT2D eigenvalue weighted by atomic mass is 16.3. The summed E-state index contributed by atoms with van der Waals surface area (Å²) in [6, 6.07) is 66.1. The van der Waals surface area contributed by atoms with E-state index in [0.29, 0.717) is 0 Å². The first-order chi connectivity index (χ1) is 30.8. The number of furan rings is 1. The first-order valence-electron chi connectivity index (χ1n) is 22.6. The molecule has 0 aliphatic heterocycles. The van der Waals surface area contributed by atoms with Crippen molar-refractivity contribution in [3.8, 4) is 22.3 Å². The highest BCUT2D eigenvalue weighted by Crippen LogP contribution is 2.63. The molecule has 0 amide bonds. The lowest BCUT2D eigenvalue weighted by atomic mass is 9.55. The number of fused-ring (bicyclic) bond motifs is 14. The third-order valence-electron chi connectivity index (χ3n) is 15.2. The zero-order valence-electron chi connectivity index (χ0n) is 36.2. The van der Waals surface area contributed by atoms with E-state index in [0.717, 1.165) is 57.4 Å². The van der Waals surface area contributed by atoms with E-state index in [1.807, 2.05) is 6.07 Å². The minimum absolute atomic E-state index is 0.0921. The molecule has 4 aliphatic carbocycles. The summed E-state index contributed by atoms with van der Waals surface area (Å²) in [5.74, 6) is 0. The molecule has 2 heteroatoms. The maximum atomic E-state index is 6.33. The van der Waals surface area contributed by atoms with E-state index in [4.69, 9.17) is 4.42 Å². The summed E-state index contributed by atoms with van der Waals surface area (Å²) in [7, 11) is 0. The molecule has 0 saturated carbocycles. The van der Waals surface area contributed by atoms with Gasteiger partial charge in [-0.05, 0) is 139 Å². The van der Waals surface area contributed by atoms with E-state index in [1.165, 1.54) is 72.3 Å². The summed E-state index contributed by atoms with van der Waals surface area (Å²) >= 11 is 0. The first-order valence-corrected chi connectivity index (χ1v) is 22.6. The third kappa shape index (κ3) is 4.84. The Morgan fingerprint density at radius 1 is 0.444 bits per heavy atom. The molecule has 0 fully saturated rings. The van der Waals surface area contributed by atoms with Crippen molar-refractivity contribution in [2.75, 3.05) is 4.90 Å². The molecule has 0 saturated heterocycles. The molecule has 0 unspecified atom stereocenters. The van der Waals surface area contributed by atoms with Crippen LogP contribution in [0.3, 0.4) is 0 Å². The van der Waals surface area contributed by atoms with E-state index in [2.05, 4.69) is 215 Å². The topological polar surface area (TPSA) is 16.4 Å². The van der Waals surface area contributed by atoms with Gasteiger partial charge in [0, 0.05) is 38.7 Å². The van der Waals surface area contributed by atoms with E-state index >= 15 is 0 Å². The SMILES string of the molecule is CC1(C)C2=C(CCC=C2)c2ccc(N(c3ccc(-c4cccc5oc6ccccc6c45)cc3)c3ccc4c(c3)C3(c5ccccc5-4)c4ccccc4C(C)(C)c4ccccc43)cc21. The Bertz CT molecular complexity index is 3410. The van der Waals surface area contributed by atoms with Gasteiger partial charge in [0.15, 0.2) is 0 Å². The summed E-state index contributed by atoms with van der Waals surface area (Å²) in [6.45, 7) is 9.61. The quantitative estimate of drug-likeness (QED) is 0.176. The lowest BCUT2D eigenvalue weighted by Crippen LogP contribution is -2.40. The molecule has 9 aromatic rings. The molecule has 8 aromatic carbocycles. The van der Waals surface area contributed by atoms with Crippen molar-refractivity contribution in [1.82, 2.24) is 0 Å². The maximum absolute atomic E-state index is 6.33. The van der Waals surface area contributed by atoms with E-state index in [9.17, 15) is 0 Å². The predicted molar refractivity (Wildman–Crippen MR) is 262 cm³/mol. The molecule has 4 aliphatic rings. The van der Waals surface area contributed by atoms with Crippen LogP contribution in [0.15, 0.2) is 198 Å². The Morgan fingerprint density at radius 3 is 1.76 bits per heavy atom. The van der Waals surface area contributed by atoms with Crippen LogP contribution in [0, 0.1) is 0 Å². The number of anilines is 3. The van der Waals surface area contributed by atoms with Crippen LogP contribution < -0.4 is 4.90 Å². The number of hydrogen-bond acceptors (Lipinski definition) is 2. The van der Waals surface area contributed by atoms with E-state index < -0.39 is 5.41 Å². The molecule has 1 spiro atoms. The molecule has 0 radical (unpaired) electrons. The van der Waals surface area contributed by atoms with Gasteiger partial charge >= 0.3 is 0 Å². The minimum Gasteiger partial charge on any atom is -0.456 e. The molecule has 13 rings (SSSR count). The van der Waals surface area contributed by atoms with Gasteiger partial charge in [-0.3, -0.25) is 0 Å². The fraction of sp³-hybridized carbons (Fsp3) is 0.148. The predicted octanol–water partition coefficient (Wildman–Crippen LogP) is 16.1. The van der Waals surface area contributed by atoms with Crippen molar-refractivity contribution < 1.29 is 4.42 Å². The number of para-hydroxylation sites is 1. The third-order valence-corrected chi connectivity index (χ3v) is 15.2. The monoisotopic (exact) mass is 809 g/mol. The van der Waals surface area contributed by atoms with Crippen LogP contribution in [0.25, 0.3) is 49.8 Å². The van der Waals surface area contributed by atoms with Crippen LogP contribution in [0.5, 0.6) is 0 Å².